The van der Waals surface area contributed by atoms with Gasteiger partial charge in [-0.15, -0.1) is 0 Å². The van der Waals surface area contributed by atoms with Crippen molar-refractivity contribution in [1.82, 2.24) is 9.78 Å². The van der Waals surface area contributed by atoms with Gasteiger partial charge in [-0.25, -0.2) is 26.3 Å². The number of carbonyl (C=O) groups excluding carboxylic acids is 1. The van der Waals surface area contributed by atoms with Gasteiger partial charge in [0.25, 0.3) is 0 Å². The van der Waals surface area contributed by atoms with Crippen molar-refractivity contribution in [3.8, 4) is 17.2 Å². The van der Waals surface area contributed by atoms with Crippen LogP contribution in [0.25, 0.3) is 11.8 Å². The Kier molecular flexibility index (Phi) is 6.97. The molecule has 4 aromatic rings. The zero-order valence-corrected chi connectivity index (χ0v) is 22.7. The second-order valence-corrected chi connectivity index (χ2v) is 12.0. The molecule has 1 aromatic heterocycles. The van der Waals surface area contributed by atoms with E-state index >= 15 is 4.39 Å². The molecule has 1 heterocycles. The third-order valence-electron chi connectivity index (χ3n) is 6.34. The molecule has 0 fully saturated rings. The SMILES string of the molecule is Cc1cc(Oc2cc(F)ccc2F)cc(F)c1-n1ncc(C(=O)C2=Cc3cc(Cl)c(CS(C)(=O)=O)cc3C2)c1N. The number of Topliss-reactive ketones (excluding diaryl/α,β-unsaturated/α-hetero) is 1. The topological polar surface area (TPSA) is 104 Å². The molecule has 206 valence electrons. The number of hydrogen-bond donors (Lipinski definition) is 1. The second kappa shape index (κ2) is 10.1. The van der Waals surface area contributed by atoms with Crippen molar-refractivity contribution in [2.75, 3.05) is 12.0 Å². The van der Waals surface area contributed by atoms with Crippen LogP contribution >= 0.6 is 11.6 Å². The number of nitrogens with two attached hydrogens (primary N) is 1. The molecule has 0 atom stereocenters. The Morgan fingerprint density at radius 3 is 2.58 bits per heavy atom. The lowest BCUT2D eigenvalue weighted by atomic mass is 10.0. The van der Waals surface area contributed by atoms with E-state index < -0.39 is 38.8 Å². The largest absolute Gasteiger partial charge is 0.454 e. The molecule has 40 heavy (non-hydrogen) atoms. The number of rotatable bonds is 7. The van der Waals surface area contributed by atoms with Crippen molar-refractivity contribution >= 4 is 39.1 Å². The summed E-state index contributed by atoms with van der Waals surface area (Å²) in [5.41, 5.74) is 8.78. The van der Waals surface area contributed by atoms with E-state index in [0.717, 1.165) is 40.8 Å². The van der Waals surface area contributed by atoms with E-state index in [2.05, 4.69) is 5.10 Å². The average Bonchev–Trinajstić information content (AvgIpc) is 3.43. The standard InChI is InChI=1S/C28H21ClF3N3O4S/c1-14-5-20(39-25-10-19(30)3-4-23(25)31)11-24(32)26(14)35-28(33)21(12-34-35)27(36)17-6-15-8-18(13-40(2,37)38)22(29)9-16(15)7-17/h3-5,7-12H,6,13,33H2,1-2H3. The molecule has 0 aliphatic heterocycles. The van der Waals surface area contributed by atoms with Crippen LogP contribution in [0.3, 0.4) is 0 Å². The van der Waals surface area contributed by atoms with Gasteiger partial charge in [0, 0.05) is 35.4 Å². The minimum atomic E-state index is -3.31. The normalized spacial score (nSPS) is 12.8. The van der Waals surface area contributed by atoms with Crippen molar-refractivity contribution in [3.05, 3.63) is 105 Å². The number of sulfone groups is 1. The molecule has 0 unspecified atom stereocenters. The van der Waals surface area contributed by atoms with Crippen LogP contribution in [0.2, 0.25) is 5.02 Å². The summed E-state index contributed by atoms with van der Waals surface area (Å²) in [6.45, 7) is 1.55. The van der Waals surface area contributed by atoms with Crippen LogP contribution in [0.4, 0.5) is 19.0 Å². The lowest BCUT2D eigenvalue weighted by molar-refractivity contribution is 0.103. The van der Waals surface area contributed by atoms with Crippen LogP contribution < -0.4 is 10.5 Å². The Balaban J connectivity index is 1.41. The van der Waals surface area contributed by atoms with Gasteiger partial charge in [0.15, 0.2) is 33.0 Å². The Hall–Kier alpha value is -4.09. The summed E-state index contributed by atoms with van der Waals surface area (Å²) in [5, 5.41) is 4.40. The van der Waals surface area contributed by atoms with Crippen LogP contribution in [0.5, 0.6) is 11.5 Å². The highest BCUT2D eigenvalue weighted by Crippen LogP contribution is 2.35. The Bertz CT molecular complexity index is 1830. The van der Waals surface area contributed by atoms with E-state index in [1.165, 1.54) is 12.3 Å². The van der Waals surface area contributed by atoms with Crippen molar-refractivity contribution < 1.29 is 31.1 Å². The number of hydrogen-bond acceptors (Lipinski definition) is 6. The number of aromatic nitrogens is 2. The average molecular weight is 588 g/mol. The molecule has 3 aromatic carbocycles. The van der Waals surface area contributed by atoms with Gasteiger partial charge >= 0.3 is 0 Å². The predicted molar refractivity (Wildman–Crippen MR) is 145 cm³/mol. The molecule has 7 nitrogen and oxygen atoms in total. The first-order valence-electron chi connectivity index (χ1n) is 11.8. The quantitative estimate of drug-likeness (QED) is 0.266. The van der Waals surface area contributed by atoms with Crippen LogP contribution in [0, 0.1) is 24.4 Å². The molecule has 2 N–H and O–H groups in total. The molecular formula is C28H21ClF3N3O4S. The summed E-state index contributed by atoms with van der Waals surface area (Å²) in [6.07, 6.45) is 4.21. The Labute approximate surface area is 232 Å². The highest BCUT2D eigenvalue weighted by atomic mass is 35.5. The van der Waals surface area contributed by atoms with Crippen LogP contribution in [0.15, 0.2) is 54.2 Å². The van der Waals surface area contributed by atoms with Gasteiger partial charge in [0.2, 0.25) is 0 Å². The number of benzene rings is 3. The first-order chi connectivity index (χ1) is 18.8. The molecule has 0 spiro atoms. The summed E-state index contributed by atoms with van der Waals surface area (Å²) in [6, 6.07) is 8.33. The third kappa shape index (κ3) is 5.34. The van der Waals surface area contributed by atoms with Crippen LogP contribution in [-0.2, 0) is 22.0 Å². The smallest absolute Gasteiger partial charge is 0.194 e. The number of carbonyl (C=O) groups is 1. The van der Waals surface area contributed by atoms with E-state index in [4.69, 9.17) is 22.1 Å². The number of anilines is 1. The fraction of sp³-hybridized carbons (Fsp3) is 0.143. The molecule has 0 radical (unpaired) electrons. The van der Waals surface area contributed by atoms with Crippen molar-refractivity contribution in [2.24, 2.45) is 0 Å². The summed E-state index contributed by atoms with van der Waals surface area (Å²) in [4.78, 5) is 13.4. The Morgan fingerprint density at radius 1 is 1.12 bits per heavy atom. The summed E-state index contributed by atoms with van der Waals surface area (Å²) in [7, 11) is -3.31. The number of nitrogen functional groups attached to an aromatic ring is 1. The lowest BCUT2D eigenvalue weighted by Gasteiger charge is -2.13. The van der Waals surface area contributed by atoms with Crippen LogP contribution in [-0.4, -0.2) is 30.2 Å². The maximum Gasteiger partial charge on any atom is 0.194 e. The molecule has 0 amide bonds. The van der Waals surface area contributed by atoms with Crippen molar-refractivity contribution in [2.45, 2.75) is 19.1 Å². The summed E-state index contributed by atoms with van der Waals surface area (Å²) >= 11 is 6.26. The predicted octanol–water partition coefficient (Wildman–Crippen LogP) is 5.99. The molecule has 0 saturated carbocycles. The van der Waals surface area contributed by atoms with E-state index in [1.807, 2.05) is 0 Å². The van der Waals surface area contributed by atoms with Gasteiger partial charge in [0.05, 0.1) is 17.5 Å². The Morgan fingerprint density at radius 2 is 1.88 bits per heavy atom. The van der Waals surface area contributed by atoms with Crippen molar-refractivity contribution in [1.29, 1.82) is 0 Å². The number of halogens is 4. The molecule has 0 bridgehead atoms. The molecule has 1 aliphatic rings. The summed E-state index contributed by atoms with van der Waals surface area (Å²) in [5.74, 6) is -3.61. The number of fused-ring (bicyclic) bond motifs is 1. The molecular weight excluding hydrogens is 567 g/mol. The van der Waals surface area contributed by atoms with Gasteiger partial charge in [-0.3, -0.25) is 4.79 Å². The van der Waals surface area contributed by atoms with E-state index in [9.17, 15) is 22.0 Å². The van der Waals surface area contributed by atoms with Gasteiger partial charge in [0.1, 0.15) is 23.1 Å². The maximum atomic E-state index is 15.2. The number of allylic oxidation sites excluding steroid dienone is 1. The molecule has 0 saturated heterocycles. The zero-order chi connectivity index (χ0) is 28.9. The van der Waals surface area contributed by atoms with Gasteiger partial charge in [-0.1, -0.05) is 17.7 Å². The molecule has 1 aliphatic carbocycles. The first kappa shape index (κ1) is 27.5. The third-order valence-corrected chi connectivity index (χ3v) is 7.53. The second-order valence-electron chi connectivity index (χ2n) is 9.49. The number of aryl methyl sites for hydroxylation is 1. The minimum absolute atomic E-state index is 0.0440. The fourth-order valence-electron chi connectivity index (χ4n) is 4.55. The number of nitrogens with zero attached hydrogens (tertiary/aromatic N) is 2. The van der Waals surface area contributed by atoms with E-state index in [0.29, 0.717) is 22.3 Å². The number of ether oxygens (including phenoxy) is 1. The first-order valence-corrected chi connectivity index (χ1v) is 14.3. The van der Waals surface area contributed by atoms with Crippen molar-refractivity contribution in [3.63, 3.8) is 0 Å². The highest BCUT2D eigenvalue weighted by Gasteiger charge is 2.26. The van der Waals surface area contributed by atoms with Gasteiger partial charge in [-0.2, -0.15) is 5.10 Å². The van der Waals surface area contributed by atoms with E-state index in [-0.39, 0.29) is 40.0 Å². The zero-order valence-electron chi connectivity index (χ0n) is 21.1. The lowest BCUT2D eigenvalue weighted by Crippen LogP contribution is -2.10. The fourth-order valence-corrected chi connectivity index (χ4v) is 5.68. The molecule has 5 rings (SSSR count). The maximum absolute atomic E-state index is 15.2. The summed E-state index contributed by atoms with van der Waals surface area (Å²) < 4.78 is 72.6. The number of ketones is 1. The van der Waals surface area contributed by atoms with E-state index in [1.54, 1.807) is 25.1 Å². The molecule has 12 heteroatoms. The minimum Gasteiger partial charge on any atom is -0.454 e. The van der Waals surface area contributed by atoms with Crippen LogP contribution in [0.1, 0.15) is 32.6 Å². The monoisotopic (exact) mass is 587 g/mol. The van der Waals surface area contributed by atoms with Gasteiger partial charge < -0.3 is 10.5 Å². The van der Waals surface area contributed by atoms with Gasteiger partial charge in [-0.05, 0) is 59.5 Å². The highest BCUT2D eigenvalue weighted by molar-refractivity contribution is 7.89.